The van der Waals surface area contributed by atoms with Gasteiger partial charge in [-0.1, -0.05) is 38.1 Å². The van der Waals surface area contributed by atoms with Gasteiger partial charge in [-0.3, -0.25) is 9.78 Å². The Labute approximate surface area is 169 Å². The molecule has 0 unspecified atom stereocenters. The number of hydrogen-bond donors (Lipinski definition) is 0. The Bertz CT molecular complexity index is 1020. The molecule has 0 bridgehead atoms. The van der Waals surface area contributed by atoms with Gasteiger partial charge in [0.15, 0.2) is 0 Å². The predicted octanol–water partition coefficient (Wildman–Crippen LogP) is 5.12. The van der Waals surface area contributed by atoms with E-state index in [1.54, 1.807) is 34.9 Å². The van der Waals surface area contributed by atoms with Crippen molar-refractivity contribution in [1.82, 2.24) is 9.55 Å². The third kappa shape index (κ3) is 4.90. The second-order valence-corrected chi connectivity index (χ2v) is 8.11. The van der Waals surface area contributed by atoms with E-state index in [-0.39, 0.29) is 11.1 Å². The van der Waals surface area contributed by atoms with Crippen molar-refractivity contribution in [3.8, 4) is 17.2 Å². The molecule has 5 heteroatoms. The highest BCUT2D eigenvalue weighted by atomic mass is 32.2. The topological polar surface area (TPSA) is 58.7 Å². The average molecular weight is 390 g/mol. The molecule has 3 aromatic rings. The van der Waals surface area contributed by atoms with Crippen LogP contribution in [0, 0.1) is 17.2 Å². The SMILES string of the molecule is CC(C)CCn1ccc(-c2ccc(CSc3ccncc3)cc2)c(C#N)c1=O. The second-order valence-electron chi connectivity index (χ2n) is 7.07. The fourth-order valence-electron chi connectivity index (χ4n) is 2.88. The first-order valence-electron chi connectivity index (χ1n) is 9.34. The molecule has 0 aliphatic rings. The van der Waals surface area contributed by atoms with Gasteiger partial charge in [-0.2, -0.15) is 5.26 Å². The molecule has 0 radical (unpaired) electrons. The minimum Gasteiger partial charge on any atom is -0.314 e. The van der Waals surface area contributed by atoms with E-state index in [2.05, 4.69) is 37.0 Å². The second kappa shape index (κ2) is 9.38. The van der Waals surface area contributed by atoms with Crippen molar-refractivity contribution < 1.29 is 0 Å². The number of aromatic nitrogens is 2. The number of hydrogen-bond acceptors (Lipinski definition) is 4. The lowest BCUT2D eigenvalue weighted by Crippen LogP contribution is -2.23. The Morgan fingerprint density at radius 1 is 1.11 bits per heavy atom. The number of aryl methyl sites for hydroxylation is 1. The standard InChI is InChI=1S/C23H23N3OS/c1-17(2)9-13-26-14-10-21(22(15-24)23(26)27)19-5-3-18(4-6-19)16-28-20-7-11-25-12-8-20/h3-8,10-12,14,17H,9,13,16H2,1-2H3. The van der Waals surface area contributed by atoms with Gasteiger partial charge < -0.3 is 4.57 Å². The van der Waals surface area contributed by atoms with Gasteiger partial charge >= 0.3 is 0 Å². The first kappa shape index (κ1) is 19.9. The molecule has 4 nitrogen and oxygen atoms in total. The van der Waals surface area contributed by atoms with Crippen LogP contribution in [0.3, 0.4) is 0 Å². The molecular formula is C23H23N3OS. The molecule has 28 heavy (non-hydrogen) atoms. The zero-order valence-electron chi connectivity index (χ0n) is 16.1. The molecule has 1 aromatic carbocycles. The lowest BCUT2D eigenvalue weighted by Gasteiger charge is -2.11. The van der Waals surface area contributed by atoms with Crippen molar-refractivity contribution in [2.45, 2.75) is 37.5 Å². The summed E-state index contributed by atoms with van der Waals surface area (Å²) >= 11 is 1.75. The van der Waals surface area contributed by atoms with Crippen LogP contribution >= 0.6 is 11.8 Å². The van der Waals surface area contributed by atoms with Crippen LogP contribution in [0.15, 0.2) is 70.7 Å². The van der Waals surface area contributed by atoms with Crippen LogP contribution in [0.5, 0.6) is 0 Å². The maximum Gasteiger partial charge on any atom is 0.269 e. The summed E-state index contributed by atoms with van der Waals surface area (Å²) in [6.07, 6.45) is 6.29. The molecule has 0 spiro atoms. The molecule has 0 saturated heterocycles. The number of nitrogens with zero attached hydrogens (tertiary/aromatic N) is 3. The number of thioether (sulfide) groups is 1. The highest BCUT2D eigenvalue weighted by molar-refractivity contribution is 7.98. The number of benzene rings is 1. The van der Waals surface area contributed by atoms with Gasteiger partial charge in [0.1, 0.15) is 11.6 Å². The first-order chi connectivity index (χ1) is 13.6. The van der Waals surface area contributed by atoms with Crippen LogP contribution in [0.25, 0.3) is 11.1 Å². The van der Waals surface area contributed by atoms with Gasteiger partial charge in [0.25, 0.3) is 5.56 Å². The number of nitriles is 1. The zero-order chi connectivity index (χ0) is 19.9. The molecule has 142 valence electrons. The highest BCUT2D eigenvalue weighted by Crippen LogP contribution is 2.25. The maximum absolute atomic E-state index is 12.7. The Morgan fingerprint density at radius 3 is 2.46 bits per heavy atom. The fourth-order valence-corrected chi connectivity index (χ4v) is 3.72. The van der Waals surface area contributed by atoms with Crippen LogP contribution in [-0.2, 0) is 12.3 Å². The normalized spacial score (nSPS) is 10.8. The fraction of sp³-hybridized carbons (Fsp3) is 0.261. The van der Waals surface area contributed by atoms with Crippen molar-refractivity contribution in [1.29, 1.82) is 5.26 Å². The van der Waals surface area contributed by atoms with E-state index in [0.29, 0.717) is 18.0 Å². The van der Waals surface area contributed by atoms with Crippen molar-refractivity contribution in [2.24, 2.45) is 5.92 Å². The Morgan fingerprint density at radius 2 is 1.82 bits per heavy atom. The molecule has 2 heterocycles. The van der Waals surface area contributed by atoms with Crippen LogP contribution in [0.2, 0.25) is 0 Å². The van der Waals surface area contributed by atoms with E-state index in [1.807, 2.05) is 30.3 Å². The third-order valence-electron chi connectivity index (χ3n) is 4.54. The van der Waals surface area contributed by atoms with E-state index < -0.39 is 0 Å². The van der Waals surface area contributed by atoms with Crippen molar-refractivity contribution in [2.75, 3.05) is 0 Å². The maximum atomic E-state index is 12.7. The van der Waals surface area contributed by atoms with E-state index >= 15 is 0 Å². The summed E-state index contributed by atoms with van der Waals surface area (Å²) in [5.74, 6) is 1.36. The minimum absolute atomic E-state index is 0.210. The van der Waals surface area contributed by atoms with Crippen molar-refractivity contribution >= 4 is 11.8 Å². The molecular weight excluding hydrogens is 366 g/mol. The van der Waals surface area contributed by atoms with Gasteiger partial charge in [-0.15, -0.1) is 11.8 Å². The van der Waals surface area contributed by atoms with Crippen molar-refractivity contribution in [3.63, 3.8) is 0 Å². The summed E-state index contributed by atoms with van der Waals surface area (Å²) in [5.41, 5.74) is 2.78. The summed E-state index contributed by atoms with van der Waals surface area (Å²) in [6, 6.07) is 16.0. The lowest BCUT2D eigenvalue weighted by atomic mass is 10.0. The van der Waals surface area contributed by atoms with E-state index in [9.17, 15) is 10.1 Å². The summed E-state index contributed by atoms with van der Waals surface area (Å²) in [7, 11) is 0. The van der Waals surface area contributed by atoms with Gasteiger partial charge in [-0.25, -0.2) is 0 Å². The van der Waals surface area contributed by atoms with Crippen LogP contribution in [0.4, 0.5) is 0 Å². The van der Waals surface area contributed by atoms with E-state index in [4.69, 9.17) is 0 Å². The highest BCUT2D eigenvalue weighted by Gasteiger charge is 2.12. The van der Waals surface area contributed by atoms with E-state index in [0.717, 1.165) is 17.7 Å². The van der Waals surface area contributed by atoms with Gasteiger partial charge in [0, 0.05) is 41.3 Å². The number of rotatable bonds is 7. The quantitative estimate of drug-likeness (QED) is 0.526. The molecule has 0 saturated carbocycles. The van der Waals surface area contributed by atoms with Crippen LogP contribution < -0.4 is 5.56 Å². The summed E-state index contributed by atoms with van der Waals surface area (Å²) in [5, 5.41) is 9.56. The molecule has 2 aromatic heterocycles. The molecule has 0 aliphatic carbocycles. The molecule has 0 atom stereocenters. The van der Waals surface area contributed by atoms with Gasteiger partial charge in [-0.05, 0) is 41.7 Å². The van der Waals surface area contributed by atoms with Crippen LogP contribution in [0.1, 0.15) is 31.4 Å². The summed E-state index contributed by atoms with van der Waals surface area (Å²) in [6.45, 7) is 4.88. The smallest absolute Gasteiger partial charge is 0.269 e. The largest absolute Gasteiger partial charge is 0.314 e. The third-order valence-corrected chi connectivity index (χ3v) is 5.63. The van der Waals surface area contributed by atoms with Crippen molar-refractivity contribution in [3.05, 3.63) is 82.5 Å². The summed E-state index contributed by atoms with van der Waals surface area (Å²) < 4.78 is 1.64. The Balaban J connectivity index is 1.78. The molecule has 3 rings (SSSR count). The average Bonchev–Trinajstić information content (AvgIpc) is 2.72. The minimum atomic E-state index is -0.210. The van der Waals surface area contributed by atoms with Crippen LogP contribution in [-0.4, -0.2) is 9.55 Å². The predicted molar refractivity (Wildman–Crippen MR) is 114 cm³/mol. The number of pyridine rings is 2. The monoisotopic (exact) mass is 389 g/mol. The van der Waals surface area contributed by atoms with E-state index in [1.165, 1.54) is 10.5 Å². The molecule has 0 aliphatic heterocycles. The zero-order valence-corrected chi connectivity index (χ0v) is 16.9. The molecule has 0 fully saturated rings. The van der Waals surface area contributed by atoms with Gasteiger partial charge in [0.05, 0.1) is 0 Å². The summed E-state index contributed by atoms with van der Waals surface area (Å²) in [4.78, 5) is 17.9. The lowest BCUT2D eigenvalue weighted by molar-refractivity contribution is 0.507. The Hall–Kier alpha value is -2.84. The molecule has 0 N–H and O–H groups in total. The first-order valence-corrected chi connectivity index (χ1v) is 10.3. The Kier molecular flexibility index (Phi) is 6.67. The van der Waals surface area contributed by atoms with Gasteiger partial charge in [0.2, 0.25) is 0 Å². The molecule has 0 amide bonds.